The maximum absolute atomic E-state index is 6.06. The molecule has 20 heavy (non-hydrogen) atoms. The molecule has 0 unspecified atom stereocenters. The summed E-state index contributed by atoms with van der Waals surface area (Å²) >= 11 is 6.06. The second-order valence-corrected chi connectivity index (χ2v) is 5.40. The Morgan fingerprint density at radius 3 is 2.75 bits per heavy atom. The number of imidazole rings is 1. The van der Waals surface area contributed by atoms with Crippen LogP contribution in [0.1, 0.15) is 24.4 Å². The average molecular weight is 286 g/mol. The minimum absolute atomic E-state index is 0.110. The smallest absolute Gasteiger partial charge is 0.126 e. The van der Waals surface area contributed by atoms with E-state index in [1.54, 1.807) is 0 Å². The van der Waals surface area contributed by atoms with Crippen molar-refractivity contribution < 1.29 is 0 Å². The number of hydrogen-bond donors (Lipinski definition) is 1. The van der Waals surface area contributed by atoms with Gasteiger partial charge >= 0.3 is 0 Å². The summed E-state index contributed by atoms with van der Waals surface area (Å²) in [5.41, 5.74) is 9.26. The van der Waals surface area contributed by atoms with E-state index < -0.39 is 0 Å². The largest absolute Gasteiger partial charge is 0.322 e. The minimum Gasteiger partial charge on any atom is -0.322 e. The molecule has 0 radical (unpaired) electrons. The van der Waals surface area contributed by atoms with E-state index in [2.05, 4.69) is 21.7 Å². The SMILES string of the molecule is C[C@H](N)c1nc2ccccc2n1Cc1cccc(Cl)c1. The van der Waals surface area contributed by atoms with Gasteiger partial charge in [-0.25, -0.2) is 4.98 Å². The third-order valence-electron chi connectivity index (χ3n) is 3.32. The van der Waals surface area contributed by atoms with Crippen molar-refractivity contribution in [1.29, 1.82) is 0 Å². The van der Waals surface area contributed by atoms with Gasteiger partial charge in [0.05, 0.1) is 17.1 Å². The van der Waals surface area contributed by atoms with Crippen LogP contribution in [0, 0.1) is 0 Å². The number of halogens is 1. The van der Waals surface area contributed by atoms with Crippen LogP contribution < -0.4 is 5.73 Å². The number of fused-ring (bicyclic) bond motifs is 1. The number of rotatable bonds is 3. The summed E-state index contributed by atoms with van der Waals surface area (Å²) in [7, 11) is 0. The fraction of sp³-hybridized carbons (Fsp3) is 0.188. The zero-order valence-corrected chi connectivity index (χ0v) is 12.0. The van der Waals surface area contributed by atoms with Gasteiger partial charge in [-0.2, -0.15) is 0 Å². The minimum atomic E-state index is -0.110. The Balaban J connectivity index is 2.11. The van der Waals surface area contributed by atoms with Crippen LogP contribution in [-0.2, 0) is 6.54 Å². The predicted octanol–water partition coefficient (Wildman–Crippen LogP) is 3.76. The van der Waals surface area contributed by atoms with E-state index in [9.17, 15) is 0 Å². The number of aromatic nitrogens is 2. The molecule has 1 aromatic heterocycles. The summed E-state index contributed by atoms with van der Waals surface area (Å²) in [6.45, 7) is 2.67. The molecule has 3 nitrogen and oxygen atoms in total. The summed E-state index contributed by atoms with van der Waals surface area (Å²) in [6, 6.07) is 15.8. The first kappa shape index (κ1) is 13.2. The maximum atomic E-state index is 6.06. The molecule has 0 saturated heterocycles. The number of benzene rings is 2. The van der Waals surface area contributed by atoms with Crippen molar-refractivity contribution in [2.24, 2.45) is 5.73 Å². The molecule has 102 valence electrons. The molecule has 0 saturated carbocycles. The maximum Gasteiger partial charge on any atom is 0.126 e. The molecule has 1 atom stereocenters. The van der Waals surface area contributed by atoms with Crippen LogP contribution in [0.15, 0.2) is 48.5 Å². The van der Waals surface area contributed by atoms with Gasteiger partial charge in [0.1, 0.15) is 5.82 Å². The zero-order chi connectivity index (χ0) is 14.1. The summed E-state index contributed by atoms with van der Waals surface area (Å²) in [5.74, 6) is 0.895. The lowest BCUT2D eigenvalue weighted by atomic mass is 10.2. The summed E-state index contributed by atoms with van der Waals surface area (Å²) in [4.78, 5) is 4.64. The average Bonchev–Trinajstić information content (AvgIpc) is 2.78. The van der Waals surface area contributed by atoms with Crippen LogP contribution in [0.2, 0.25) is 5.02 Å². The standard InChI is InChI=1S/C16H16ClN3/c1-11(18)16-19-14-7-2-3-8-15(14)20(16)10-12-5-4-6-13(17)9-12/h2-9,11H,10,18H2,1H3/t11-/m0/s1. The summed E-state index contributed by atoms with van der Waals surface area (Å²) < 4.78 is 2.16. The Hall–Kier alpha value is -1.84. The van der Waals surface area contributed by atoms with Crippen LogP contribution in [0.25, 0.3) is 11.0 Å². The van der Waals surface area contributed by atoms with Gasteiger partial charge < -0.3 is 10.3 Å². The molecule has 4 heteroatoms. The highest BCUT2D eigenvalue weighted by atomic mass is 35.5. The van der Waals surface area contributed by atoms with E-state index in [1.165, 1.54) is 0 Å². The lowest BCUT2D eigenvalue weighted by Crippen LogP contribution is -2.14. The lowest BCUT2D eigenvalue weighted by Gasteiger charge is -2.11. The van der Waals surface area contributed by atoms with Crippen molar-refractivity contribution in [3.05, 3.63) is 64.9 Å². The van der Waals surface area contributed by atoms with E-state index >= 15 is 0 Å². The summed E-state index contributed by atoms with van der Waals surface area (Å²) in [5, 5.41) is 0.745. The van der Waals surface area contributed by atoms with E-state index in [0.29, 0.717) is 0 Å². The van der Waals surface area contributed by atoms with Crippen LogP contribution >= 0.6 is 11.6 Å². The third kappa shape index (κ3) is 2.42. The molecule has 0 aliphatic rings. The second-order valence-electron chi connectivity index (χ2n) is 4.96. The van der Waals surface area contributed by atoms with Crippen molar-refractivity contribution >= 4 is 22.6 Å². The molecule has 1 heterocycles. The molecule has 0 amide bonds. The molecule has 0 bridgehead atoms. The highest BCUT2D eigenvalue weighted by Gasteiger charge is 2.13. The Morgan fingerprint density at radius 1 is 1.20 bits per heavy atom. The molecule has 3 rings (SSSR count). The monoisotopic (exact) mass is 285 g/mol. The number of para-hydroxylation sites is 2. The van der Waals surface area contributed by atoms with E-state index in [1.807, 2.05) is 43.3 Å². The Kier molecular flexibility index (Phi) is 3.47. The first-order valence-corrected chi connectivity index (χ1v) is 6.98. The molecule has 0 aliphatic heterocycles. The fourth-order valence-corrected chi connectivity index (χ4v) is 2.64. The second kappa shape index (κ2) is 5.27. The van der Waals surface area contributed by atoms with Crippen molar-refractivity contribution in [3.63, 3.8) is 0 Å². The molecule has 2 N–H and O–H groups in total. The molecule has 0 spiro atoms. The van der Waals surface area contributed by atoms with Gasteiger partial charge in [-0.3, -0.25) is 0 Å². The molecular formula is C16H16ClN3. The van der Waals surface area contributed by atoms with E-state index in [4.69, 9.17) is 17.3 Å². The first-order chi connectivity index (χ1) is 9.65. The Bertz CT molecular complexity index is 746. The Labute approximate surface area is 123 Å². The zero-order valence-electron chi connectivity index (χ0n) is 11.3. The topological polar surface area (TPSA) is 43.8 Å². The molecule has 3 aromatic rings. The molecule has 0 fully saturated rings. The third-order valence-corrected chi connectivity index (χ3v) is 3.56. The van der Waals surface area contributed by atoms with Gasteiger partial charge in [-0.1, -0.05) is 35.9 Å². The lowest BCUT2D eigenvalue weighted by molar-refractivity contribution is 0.664. The van der Waals surface area contributed by atoms with E-state index in [0.717, 1.165) is 34.0 Å². The van der Waals surface area contributed by atoms with Gasteiger partial charge in [0, 0.05) is 11.6 Å². The van der Waals surface area contributed by atoms with Gasteiger partial charge in [0.2, 0.25) is 0 Å². The highest BCUT2D eigenvalue weighted by Crippen LogP contribution is 2.22. The van der Waals surface area contributed by atoms with Gasteiger partial charge in [-0.15, -0.1) is 0 Å². The van der Waals surface area contributed by atoms with Crippen molar-refractivity contribution in [2.45, 2.75) is 19.5 Å². The van der Waals surface area contributed by atoms with Crippen LogP contribution in [0.3, 0.4) is 0 Å². The van der Waals surface area contributed by atoms with Crippen LogP contribution in [0.5, 0.6) is 0 Å². The van der Waals surface area contributed by atoms with Crippen LogP contribution in [-0.4, -0.2) is 9.55 Å². The molecule has 0 aliphatic carbocycles. The molecular weight excluding hydrogens is 270 g/mol. The van der Waals surface area contributed by atoms with Crippen molar-refractivity contribution in [2.75, 3.05) is 0 Å². The quantitative estimate of drug-likeness (QED) is 0.796. The van der Waals surface area contributed by atoms with Gasteiger partial charge in [-0.05, 0) is 36.8 Å². The molecule has 2 aromatic carbocycles. The van der Waals surface area contributed by atoms with Crippen molar-refractivity contribution in [3.8, 4) is 0 Å². The number of nitrogens with zero attached hydrogens (tertiary/aromatic N) is 2. The van der Waals surface area contributed by atoms with Gasteiger partial charge in [0.25, 0.3) is 0 Å². The fourth-order valence-electron chi connectivity index (χ4n) is 2.43. The van der Waals surface area contributed by atoms with E-state index in [-0.39, 0.29) is 6.04 Å². The number of nitrogens with two attached hydrogens (primary N) is 1. The summed E-state index contributed by atoms with van der Waals surface area (Å²) in [6.07, 6.45) is 0. The number of hydrogen-bond acceptors (Lipinski definition) is 2. The normalized spacial score (nSPS) is 12.8. The first-order valence-electron chi connectivity index (χ1n) is 6.60. The van der Waals surface area contributed by atoms with Gasteiger partial charge in [0.15, 0.2) is 0 Å². The van der Waals surface area contributed by atoms with Crippen molar-refractivity contribution in [1.82, 2.24) is 9.55 Å². The predicted molar refractivity (Wildman–Crippen MR) is 82.9 cm³/mol. The Morgan fingerprint density at radius 2 is 2.00 bits per heavy atom. The van der Waals surface area contributed by atoms with Crippen LogP contribution in [0.4, 0.5) is 0 Å². The highest BCUT2D eigenvalue weighted by molar-refractivity contribution is 6.30.